The average Bonchev–Trinajstić information content (AvgIpc) is 2.30. The summed E-state index contributed by atoms with van der Waals surface area (Å²) in [5.74, 6) is 0.847. The second-order valence-electron chi connectivity index (χ2n) is 3.47. The van der Waals surface area contributed by atoms with Crippen LogP contribution in [0.4, 0.5) is 0 Å². The van der Waals surface area contributed by atoms with Gasteiger partial charge in [0.1, 0.15) is 0 Å². The summed E-state index contributed by atoms with van der Waals surface area (Å²) in [4.78, 5) is 4.30. The molecule has 2 N–H and O–H groups in total. The standard InChI is InChI=1S/C10H18N4O/c1-15-9-7-13-10(14-8-9)12-6-4-2-3-5-11/h9H,2-4,6-8H2,1H3,(H2,12,13,14). The molecule has 5 nitrogen and oxygen atoms in total. The summed E-state index contributed by atoms with van der Waals surface area (Å²) in [6, 6.07) is 2.13. The minimum absolute atomic E-state index is 0.189. The lowest BCUT2D eigenvalue weighted by Crippen LogP contribution is -2.46. The number of rotatable bonds is 5. The molecule has 15 heavy (non-hydrogen) atoms. The summed E-state index contributed by atoms with van der Waals surface area (Å²) in [5.41, 5.74) is 0. The van der Waals surface area contributed by atoms with E-state index in [2.05, 4.69) is 21.7 Å². The second-order valence-corrected chi connectivity index (χ2v) is 3.47. The summed E-state index contributed by atoms with van der Waals surface area (Å²) in [6.45, 7) is 2.38. The van der Waals surface area contributed by atoms with E-state index in [1.165, 1.54) is 0 Å². The molecule has 0 aromatic heterocycles. The van der Waals surface area contributed by atoms with Gasteiger partial charge in [0.05, 0.1) is 18.7 Å². The maximum Gasteiger partial charge on any atom is 0.191 e. The third-order valence-electron chi connectivity index (χ3n) is 2.29. The van der Waals surface area contributed by atoms with Crippen LogP contribution < -0.4 is 10.6 Å². The third-order valence-corrected chi connectivity index (χ3v) is 2.29. The van der Waals surface area contributed by atoms with Crippen molar-refractivity contribution in [3.63, 3.8) is 0 Å². The van der Waals surface area contributed by atoms with Crippen molar-refractivity contribution < 1.29 is 4.74 Å². The Hall–Kier alpha value is -1.28. The van der Waals surface area contributed by atoms with Crippen LogP contribution in [0.2, 0.25) is 0 Å². The van der Waals surface area contributed by atoms with Crippen molar-refractivity contribution in [1.82, 2.24) is 10.6 Å². The number of ether oxygens (including phenoxy) is 1. The first-order chi connectivity index (χ1) is 7.36. The molecule has 0 spiro atoms. The number of nitrogens with one attached hydrogen (secondary N) is 2. The molecule has 0 bridgehead atoms. The lowest BCUT2D eigenvalue weighted by Gasteiger charge is -2.22. The van der Waals surface area contributed by atoms with E-state index in [0.717, 1.165) is 31.9 Å². The van der Waals surface area contributed by atoms with Crippen molar-refractivity contribution in [1.29, 1.82) is 5.26 Å². The van der Waals surface area contributed by atoms with Gasteiger partial charge < -0.3 is 15.4 Å². The van der Waals surface area contributed by atoms with Gasteiger partial charge in [-0.1, -0.05) is 0 Å². The Morgan fingerprint density at radius 1 is 1.67 bits per heavy atom. The van der Waals surface area contributed by atoms with Crippen LogP contribution in [-0.4, -0.2) is 38.8 Å². The van der Waals surface area contributed by atoms with E-state index < -0.39 is 0 Å². The first kappa shape index (κ1) is 11.8. The van der Waals surface area contributed by atoms with Crippen molar-refractivity contribution in [2.45, 2.75) is 25.4 Å². The van der Waals surface area contributed by atoms with E-state index in [4.69, 9.17) is 10.00 Å². The van der Waals surface area contributed by atoms with Crippen LogP contribution in [0.5, 0.6) is 0 Å². The lowest BCUT2D eigenvalue weighted by atomic mass is 10.2. The normalized spacial score (nSPS) is 20.0. The van der Waals surface area contributed by atoms with Gasteiger partial charge in [0.15, 0.2) is 5.96 Å². The Kier molecular flexibility index (Phi) is 5.56. The van der Waals surface area contributed by atoms with Gasteiger partial charge in [-0.15, -0.1) is 0 Å². The Bertz CT molecular complexity index is 246. The van der Waals surface area contributed by atoms with Crippen molar-refractivity contribution >= 4 is 5.96 Å². The number of guanidine groups is 1. The van der Waals surface area contributed by atoms with Crippen LogP contribution in [0.1, 0.15) is 19.3 Å². The fourth-order valence-electron chi connectivity index (χ4n) is 1.34. The predicted octanol–water partition coefficient (Wildman–Crippen LogP) is 0.244. The zero-order chi connectivity index (χ0) is 10.9. The number of aliphatic imine (C=N–C) groups is 1. The number of hydrogen-bond acceptors (Lipinski definition) is 5. The maximum atomic E-state index is 8.35. The molecule has 5 heteroatoms. The van der Waals surface area contributed by atoms with Crippen molar-refractivity contribution in [3.8, 4) is 6.07 Å². The number of unbranched alkanes of at least 4 members (excludes halogenated alkanes) is 2. The van der Waals surface area contributed by atoms with Gasteiger partial charge >= 0.3 is 0 Å². The fraction of sp³-hybridized carbons (Fsp3) is 0.800. The molecule has 0 aromatic carbocycles. The quantitative estimate of drug-likeness (QED) is 0.638. The summed E-state index contributed by atoms with van der Waals surface area (Å²) < 4.78 is 5.16. The van der Waals surface area contributed by atoms with Crippen molar-refractivity contribution in [3.05, 3.63) is 0 Å². The van der Waals surface area contributed by atoms with E-state index >= 15 is 0 Å². The summed E-state index contributed by atoms with van der Waals surface area (Å²) in [7, 11) is 1.70. The average molecular weight is 210 g/mol. The number of methoxy groups -OCH3 is 1. The molecule has 0 saturated heterocycles. The molecule has 1 rings (SSSR count). The molecule has 1 aliphatic heterocycles. The largest absolute Gasteiger partial charge is 0.378 e. The maximum absolute atomic E-state index is 8.35. The first-order valence-corrected chi connectivity index (χ1v) is 5.28. The molecular weight excluding hydrogens is 192 g/mol. The molecular formula is C10H18N4O. The fourth-order valence-corrected chi connectivity index (χ4v) is 1.34. The Balaban J connectivity index is 2.07. The molecule has 0 amide bonds. The monoisotopic (exact) mass is 210 g/mol. The van der Waals surface area contributed by atoms with Gasteiger partial charge in [0, 0.05) is 26.6 Å². The lowest BCUT2D eigenvalue weighted by molar-refractivity contribution is 0.109. The van der Waals surface area contributed by atoms with Crippen molar-refractivity contribution in [2.24, 2.45) is 4.99 Å². The van der Waals surface area contributed by atoms with Crippen LogP contribution >= 0.6 is 0 Å². The molecule has 1 aliphatic rings. The van der Waals surface area contributed by atoms with E-state index in [9.17, 15) is 0 Å². The van der Waals surface area contributed by atoms with E-state index in [1.54, 1.807) is 7.11 Å². The zero-order valence-corrected chi connectivity index (χ0v) is 9.12. The molecule has 0 aliphatic carbocycles. The highest BCUT2D eigenvalue weighted by molar-refractivity contribution is 5.80. The minimum Gasteiger partial charge on any atom is -0.378 e. The Labute approximate surface area is 90.5 Å². The molecule has 0 aromatic rings. The van der Waals surface area contributed by atoms with Crippen LogP contribution in [0.15, 0.2) is 4.99 Å². The highest BCUT2D eigenvalue weighted by Crippen LogP contribution is 1.95. The summed E-state index contributed by atoms with van der Waals surface area (Å²) in [6.07, 6.45) is 2.77. The van der Waals surface area contributed by atoms with E-state index in [-0.39, 0.29) is 6.10 Å². The van der Waals surface area contributed by atoms with Crippen LogP contribution in [0, 0.1) is 11.3 Å². The van der Waals surface area contributed by atoms with E-state index in [0.29, 0.717) is 13.0 Å². The van der Waals surface area contributed by atoms with Gasteiger partial charge in [0.25, 0.3) is 0 Å². The molecule has 1 heterocycles. The van der Waals surface area contributed by atoms with Crippen LogP contribution in [0.25, 0.3) is 0 Å². The second kappa shape index (κ2) is 7.07. The molecule has 84 valence electrons. The van der Waals surface area contributed by atoms with Gasteiger partial charge in [-0.3, -0.25) is 4.99 Å². The topological polar surface area (TPSA) is 69.4 Å². The first-order valence-electron chi connectivity index (χ1n) is 5.28. The number of hydrogen-bond donors (Lipinski definition) is 2. The smallest absolute Gasteiger partial charge is 0.191 e. The molecule has 0 fully saturated rings. The minimum atomic E-state index is 0.189. The summed E-state index contributed by atoms with van der Waals surface area (Å²) in [5, 5.41) is 14.7. The number of nitrogens with zero attached hydrogens (tertiary/aromatic N) is 2. The molecule has 1 atom stereocenters. The third kappa shape index (κ3) is 4.66. The van der Waals surface area contributed by atoms with Gasteiger partial charge in [0.2, 0.25) is 0 Å². The molecule has 0 saturated carbocycles. The number of nitriles is 1. The van der Waals surface area contributed by atoms with E-state index in [1.807, 2.05) is 0 Å². The van der Waals surface area contributed by atoms with Gasteiger partial charge in [-0.2, -0.15) is 5.26 Å². The Morgan fingerprint density at radius 3 is 3.13 bits per heavy atom. The highest BCUT2D eigenvalue weighted by atomic mass is 16.5. The predicted molar refractivity (Wildman–Crippen MR) is 58.6 cm³/mol. The van der Waals surface area contributed by atoms with Crippen LogP contribution in [0.3, 0.4) is 0 Å². The molecule has 1 unspecified atom stereocenters. The zero-order valence-electron chi connectivity index (χ0n) is 9.12. The summed E-state index contributed by atoms with van der Waals surface area (Å²) >= 11 is 0. The SMILES string of the molecule is COC1CN=C(NCCCCC#N)NC1. The van der Waals surface area contributed by atoms with Crippen LogP contribution in [-0.2, 0) is 4.74 Å². The Morgan fingerprint density at radius 2 is 2.53 bits per heavy atom. The van der Waals surface area contributed by atoms with Crippen molar-refractivity contribution in [2.75, 3.05) is 26.7 Å². The highest BCUT2D eigenvalue weighted by Gasteiger charge is 2.12. The van der Waals surface area contributed by atoms with Gasteiger partial charge in [-0.05, 0) is 12.8 Å². The van der Waals surface area contributed by atoms with Gasteiger partial charge in [-0.25, -0.2) is 0 Å². The molecule has 0 radical (unpaired) electrons.